The standard InChI is InChI=1S/C14H15N3O4/c1-20-9-2-3-17(7-9)6-8-4-10-12(16-5-8)11(14(18)19)13(15)21-10/h2-5,9H,6-7,15H2,1H3,(H,18,19). The number of anilines is 1. The number of hydrogen-bond donors (Lipinski definition) is 2. The van der Waals surface area contributed by atoms with Crippen molar-refractivity contribution >= 4 is 23.0 Å². The van der Waals surface area contributed by atoms with Crippen molar-refractivity contribution in [2.45, 2.75) is 12.6 Å². The third-order valence-corrected chi connectivity index (χ3v) is 3.44. The van der Waals surface area contributed by atoms with Gasteiger partial charge in [-0.2, -0.15) is 0 Å². The number of aromatic carboxylic acids is 1. The number of carboxylic acid groups (broad SMARTS) is 1. The summed E-state index contributed by atoms with van der Waals surface area (Å²) in [6, 6.07) is 1.76. The maximum Gasteiger partial charge on any atom is 0.343 e. The molecule has 110 valence electrons. The smallest absolute Gasteiger partial charge is 0.343 e. The maximum absolute atomic E-state index is 11.1. The molecule has 0 saturated heterocycles. The summed E-state index contributed by atoms with van der Waals surface area (Å²) in [5.74, 6) is -1.26. The van der Waals surface area contributed by atoms with Crippen LogP contribution >= 0.6 is 0 Å². The van der Waals surface area contributed by atoms with Gasteiger partial charge >= 0.3 is 5.97 Å². The first-order valence-electron chi connectivity index (χ1n) is 6.44. The zero-order chi connectivity index (χ0) is 15.0. The zero-order valence-electron chi connectivity index (χ0n) is 11.4. The lowest BCUT2D eigenvalue weighted by atomic mass is 10.2. The second-order valence-electron chi connectivity index (χ2n) is 4.88. The molecule has 0 aromatic carbocycles. The van der Waals surface area contributed by atoms with Crippen LogP contribution in [0.5, 0.6) is 0 Å². The summed E-state index contributed by atoms with van der Waals surface area (Å²) in [5.41, 5.74) is 7.06. The molecule has 1 aliphatic rings. The molecule has 0 fully saturated rings. The monoisotopic (exact) mass is 289 g/mol. The fourth-order valence-corrected chi connectivity index (χ4v) is 2.41. The summed E-state index contributed by atoms with van der Waals surface area (Å²) in [6.07, 6.45) is 5.69. The van der Waals surface area contributed by atoms with Gasteiger partial charge in [0, 0.05) is 26.4 Å². The van der Waals surface area contributed by atoms with E-state index in [9.17, 15) is 4.79 Å². The summed E-state index contributed by atoms with van der Waals surface area (Å²) >= 11 is 0. The molecule has 21 heavy (non-hydrogen) atoms. The largest absolute Gasteiger partial charge is 0.477 e. The Morgan fingerprint density at radius 1 is 1.67 bits per heavy atom. The van der Waals surface area contributed by atoms with Crippen LogP contribution in [0.2, 0.25) is 0 Å². The number of aromatic nitrogens is 1. The van der Waals surface area contributed by atoms with Crippen LogP contribution in [0, 0.1) is 0 Å². The highest BCUT2D eigenvalue weighted by atomic mass is 16.5. The van der Waals surface area contributed by atoms with Crippen LogP contribution in [-0.2, 0) is 11.3 Å². The minimum atomic E-state index is -1.14. The van der Waals surface area contributed by atoms with Gasteiger partial charge in [-0.25, -0.2) is 4.79 Å². The fraction of sp³-hybridized carbons (Fsp3) is 0.286. The van der Waals surface area contributed by atoms with Crippen molar-refractivity contribution < 1.29 is 19.1 Å². The van der Waals surface area contributed by atoms with Gasteiger partial charge in [0.1, 0.15) is 11.1 Å². The van der Waals surface area contributed by atoms with Gasteiger partial charge in [0.2, 0.25) is 5.88 Å². The molecule has 3 N–H and O–H groups in total. The van der Waals surface area contributed by atoms with Crippen LogP contribution in [0.3, 0.4) is 0 Å². The highest BCUT2D eigenvalue weighted by Crippen LogP contribution is 2.27. The number of carbonyl (C=O) groups is 1. The second kappa shape index (κ2) is 5.10. The van der Waals surface area contributed by atoms with Crippen molar-refractivity contribution in [1.82, 2.24) is 9.88 Å². The van der Waals surface area contributed by atoms with Gasteiger partial charge in [-0.05, 0) is 23.9 Å². The minimum absolute atomic E-state index is 0.0861. The highest BCUT2D eigenvalue weighted by molar-refractivity contribution is 6.05. The summed E-state index contributed by atoms with van der Waals surface area (Å²) in [7, 11) is 1.67. The number of rotatable bonds is 4. The molecule has 1 unspecified atom stereocenters. The summed E-state index contributed by atoms with van der Waals surface area (Å²) in [4.78, 5) is 17.4. The number of furan rings is 1. The first kappa shape index (κ1) is 13.4. The van der Waals surface area contributed by atoms with E-state index in [0.29, 0.717) is 12.1 Å². The molecular weight excluding hydrogens is 274 g/mol. The van der Waals surface area contributed by atoms with Gasteiger partial charge in [-0.1, -0.05) is 0 Å². The SMILES string of the molecule is COC1C=CN(Cc2cnc3c(C(=O)O)c(N)oc3c2)C1. The summed E-state index contributed by atoms with van der Waals surface area (Å²) in [6.45, 7) is 1.41. The first-order valence-corrected chi connectivity index (χ1v) is 6.44. The molecule has 1 atom stereocenters. The first-order chi connectivity index (χ1) is 10.1. The zero-order valence-corrected chi connectivity index (χ0v) is 11.4. The Bertz CT molecular complexity index is 722. The molecule has 3 heterocycles. The van der Waals surface area contributed by atoms with Crippen molar-refractivity contribution in [3.8, 4) is 0 Å². The Kier molecular flexibility index (Phi) is 3.26. The molecule has 0 aliphatic carbocycles. The normalized spacial score (nSPS) is 17.8. The average Bonchev–Trinajstić information content (AvgIpc) is 3.01. The predicted molar refractivity (Wildman–Crippen MR) is 75.7 cm³/mol. The number of ether oxygens (including phenoxy) is 1. The van der Waals surface area contributed by atoms with E-state index in [4.69, 9.17) is 20.0 Å². The number of carboxylic acids is 1. The molecule has 0 saturated carbocycles. The van der Waals surface area contributed by atoms with Crippen LogP contribution in [0.1, 0.15) is 15.9 Å². The summed E-state index contributed by atoms with van der Waals surface area (Å²) in [5, 5.41) is 9.10. The number of pyridine rings is 1. The minimum Gasteiger partial charge on any atom is -0.477 e. The van der Waals surface area contributed by atoms with E-state index in [-0.39, 0.29) is 23.1 Å². The predicted octanol–water partition coefficient (Wildman–Crippen LogP) is 1.45. The number of nitrogens with zero attached hydrogens (tertiary/aromatic N) is 2. The molecule has 0 spiro atoms. The van der Waals surface area contributed by atoms with E-state index in [0.717, 1.165) is 12.1 Å². The Hall–Kier alpha value is -2.54. The van der Waals surface area contributed by atoms with Gasteiger partial charge in [-0.15, -0.1) is 0 Å². The quantitative estimate of drug-likeness (QED) is 0.878. The lowest BCUT2D eigenvalue weighted by molar-refractivity contribution is 0.0699. The molecule has 7 heteroatoms. The molecule has 0 bridgehead atoms. The van der Waals surface area contributed by atoms with Crippen LogP contribution in [0.15, 0.2) is 29.0 Å². The molecule has 1 aliphatic heterocycles. The molecular formula is C14H15N3O4. The Morgan fingerprint density at radius 3 is 3.14 bits per heavy atom. The van der Waals surface area contributed by atoms with Crippen molar-refractivity contribution in [3.05, 3.63) is 35.7 Å². The van der Waals surface area contributed by atoms with Gasteiger partial charge in [0.15, 0.2) is 5.58 Å². The Morgan fingerprint density at radius 2 is 2.48 bits per heavy atom. The lowest BCUT2D eigenvalue weighted by Gasteiger charge is -2.17. The van der Waals surface area contributed by atoms with Gasteiger partial charge in [0.05, 0.1) is 6.10 Å². The van der Waals surface area contributed by atoms with Crippen molar-refractivity contribution in [2.24, 2.45) is 0 Å². The van der Waals surface area contributed by atoms with E-state index >= 15 is 0 Å². The average molecular weight is 289 g/mol. The Labute approximate surface area is 120 Å². The van der Waals surface area contributed by atoms with E-state index in [2.05, 4.69) is 9.88 Å². The van der Waals surface area contributed by atoms with Crippen LogP contribution in [0.25, 0.3) is 11.1 Å². The van der Waals surface area contributed by atoms with E-state index in [1.807, 2.05) is 12.3 Å². The molecule has 2 aromatic heterocycles. The molecule has 2 aromatic rings. The van der Waals surface area contributed by atoms with E-state index < -0.39 is 5.97 Å². The highest BCUT2D eigenvalue weighted by Gasteiger charge is 2.21. The molecule has 0 amide bonds. The molecule has 0 radical (unpaired) electrons. The van der Waals surface area contributed by atoms with Crippen molar-refractivity contribution in [2.75, 3.05) is 19.4 Å². The lowest BCUT2D eigenvalue weighted by Crippen LogP contribution is -2.21. The van der Waals surface area contributed by atoms with Crippen LogP contribution in [0.4, 0.5) is 5.88 Å². The fourth-order valence-electron chi connectivity index (χ4n) is 2.41. The van der Waals surface area contributed by atoms with Gasteiger partial charge < -0.3 is 24.9 Å². The maximum atomic E-state index is 11.1. The summed E-state index contributed by atoms with van der Waals surface area (Å²) < 4.78 is 10.5. The third kappa shape index (κ3) is 2.43. The number of hydrogen-bond acceptors (Lipinski definition) is 6. The number of nitrogen functional groups attached to an aromatic ring is 1. The molecule has 7 nitrogen and oxygen atoms in total. The van der Waals surface area contributed by atoms with Crippen molar-refractivity contribution in [1.29, 1.82) is 0 Å². The number of nitrogens with two attached hydrogens (primary N) is 1. The molecule has 3 rings (SSSR count). The van der Waals surface area contributed by atoms with Crippen molar-refractivity contribution in [3.63, 3.8) is 0 Å². The van der Waals surface area contributed by atoms with Gasteiger partial charge in [0.25, 0.3) is 0 Å². The second-order valence-corrected chi connectivity index (χ2v) is 4.88. The number of fused-ring (bicyclic) bond motifs is 1. The third-order valence-electron chi connectivity index (χ3n) is 3.44. The number of methoxy groups -OCH3 is 1. The van der Waals surface area contributed by atoms with Gasteiger partial charge in [-0.3, -0.25) is 4.98 Å². The Balaban J connectivity index is 1.85. The topological polar surface area (TPSA) is 102 Å². The van der Waals surface area contributed by atoms with E-state index in [1.54, 1.807) is 19.4 Å². The van der Waals surface area contributed by atoms with Crippen LogP contribution in [-0.4, -0.2) is 40.7 Å². The van der Waals surface area contributed by atoms with E-state index in [1.165, 1.54) is 0 Å². The van der Waals surface area contributed by atoms with Crippen LogP contribution < -0.4 is 5.73 Å².